The Hall–Kier alpha value is -2.55. The number of amides is 2. The monoisotopic (exact) mass is 472 g/mol. The number of ketones is 1. The highest BCUT2D eigenvalue weighted by atomic mass is 32.1. The lowest BCUT2D eigenvalue weighted by Gasteiger charge is -2.42. The molecule has 2 atom stereocenters. The third kappa shape index (κ3) is 5.88. The summed E-state index contributed by atoms with van der Waals surface area (Å²) in [5, 5.41) is 25.1. The fourth-order valence-corrected chi connectivity index (χ4v) is 5.10. The molecule has 1 aliphatic heterocycles. The third-order valence-electron chi connectivity index (χ3n) is 6.34. The molecule has 0 saturated carbocycles. The summed E-state index contributed by atoms with van der Waals surface area (Å²) in [6.45, 7) is 2.82. The number of hydrogen-bond acceptors (Lipinski definition) is 6. The van der Waals surface area contributed by atoms with Crippen LogP contribution in [0.5, 0.6) is 0 Å². The summed E-state index contributed by atoms with van der Waals surface area (Å²) in [7, 11) is 0. The minimum absolute atomic E-state index is 0.161. The van der Waals surface area contributed by atoms with E-state index in [2.05, 4.69) is 5.32 Å². The maximum Gasteiger partial charge on any atom is 0.254 e. The van der Waals surface area contributed by atoms with E-state index in [-0.39, 0.29) is 18.9 Å². The highest BCUT2D eigenvalue weighted by Gasteiger charge is 2.44. The van der Waals surface area contributed by atoms with Crippen LogP contribution in [-0.4, -0.2) is 64.6 Å². The van der Waals surface area contributed by atoms with E-state index in [1.165, 1.54) is 4.90 Å². The van der Waals surface area contributed by atoms with Crippen molar-refractivity contribution in [2.24, 2.45) is 0 Å². The molecule has 2 aromatic rings. The first kappa shape index (κ1) is 25.1. The fraction of sp³-hybridized carbons (Fsp3) is 0.480. The van der Waals surface area contributed by atoms with E-state index in [1.807, 2.05) is 54.8 Å². The predicted octanol–water partition coefficient (Wildman–Crippen LogP) is 2.06. The molecular weight excluding hydrogens is 440 g/mol. The first-order chi connectivity index (χ1) is 15.9. The second-order valence-corrected chi connectivity index (χ2v) is 9.49. The molecule has 2 amide bonds. The van der Waals surface area contributed by atoms with Crippen molar-refractivity contribution in [3.8, 4) is 0 Å². The van der Waals surface area contributed by atoms with E-state index in [0.717, 1.165) is 16.9 Å². The van der Waals surface area contributed by atoms with Crippen LogP contribution in [0.2, 0.25) is 0 Å². The third-order valence-corrected chi connectivity index (χ3v) is 7.27. The summed E-state index contributed by atoms with van der Waals surface area (Å²) in [6, 6.07) is 13.5. The number of likely N-dealkylation sites (tertiary alicyclic amines) is 1. The van der Waals surface area contributed by atoms with Crippen LogP contribution in [0.15, 0.2) is 47.8 Å². The molecule has 0 spiro atoms. The summed E-state index contributed by atoms with van der Waals surface area (Å²) in [4.78, 5) is 40.6. The minimum Gasteiger partial charge on any atom is -0.380 e. The van der Waals surface area contributed by atoms with Crippen molar-refractivity contribution in [2.45, 2.75) is 56.7 Å². The standard InChI is InChI=1S/C25H32N2O5S/c1-2-7-20(28)25(18-8-4-3-5-9-18)12-15-27(16-13-25)24(32)22(30)21(29)23(31)26-14-11-19-10-6-17-33-19/h3-6,8-10,17,21-22,29-30H,2,7,11-16H2,1H3,(H,26,31)/t21-,22-/m1/s1. The summed E-state index contributed by atoms with van der Waals surface area (Å²) < 4.78 is 0. The Balaban J connectivity index is 1.58. The summed E-state index contributed by atoms with van der Waals surface area (Å²) in [5.74, 6) is -1.31. The topological polar surface area (TPSA) is 107 Å². The molecule has 3 rings (SSSR count). The molecule has 1 aromatic carbocycles. The van der Waals surface area contributed by atoms with Crippen molar-refractivity contribution in [1.82, 2.24) is 10.2 Å². The molecule has 1 aromatic heterocycles. The van der Waals surface area contributed by atoms with Gasteiger partial charge in [-0.3, -0.25) is 14.4 Å². The lowest BCUT2D eigenvalue weighted by molar-refractivity contribution is -0.154. The van der Waals surface area contributed by atoms with Gasteiger partial charge in [0.05, 0.1) is 5.41 Å². The molecule has 2 heterocycles. The highest BCUT2D eigenvalue weighted by Crippen LogP contribution is 2.38. The van der Waals surface area contributed by atoms with Crippen LogP contribution in [0, 0.1) is 0 Å². The number of Topliss-reactive ketones (excluding diaryl/α,β-unsaturated/α-hetero) is 1. The fourth-order valence-electron chi connectivity index (χ4n) is 4.39. The molecule has 178 valence electrons. The van der Waals surface area contributed by atoms with Gasteiger partial charge in [0, 0.05) is 30.9 Å². The van der Waals surface area contributed by atoms with Gasteiger partial charge in [0.2, 0.25) is 0 Å². The number of thiophene rings is 1. The number of nitrogens with one attached hydrogen (secondary N) is 1. The molecule has 1 fully saturated rings. The summed E-state index contributed by atoms with van der Waals surface area (Å²) >= 11 is 1.57. The maximum atomic E-state index is 13.1. The van der Waals surface area contributed by atoms with Crippen LogP contribution in [0.25, 0.3) is 0 Å². The van der Waals surface area contributed by atoms with Crippen molar-refractivity contribution in [1.29, 1.82) is 0 Å². The van der Waals surface area contributed by atoms with Gasteiger partial charge in [-0.15, -0.1) is 11.3 Å². The average Bonchev–Trinajstić information content (AvgIpc) is 3.37. The van der Waals surface area contributed by atoms with Gasteiger partial charge in [-0.2, -0.15) is 0 Å². The molecule has 0 aliphatic carbocycles. The van der Waals surface area contributed by atoms with Crippen molar-refractivity contribution in [3.63, 3.8) is 0 Å². The van der Waals surface area contributed by atoms with Crippen molar-refractivity contribution in [2.75, 3.05) is 19.6 Å². The lowest BCUT2D eigenvalue weighted by atomic mass is 9.68. The number of nitrogens with zero attached hydrogens (tertiary/aromatic N) is 1. The maximum absolute atomic E-state index is 13.1. The van der Waals surface area contributed by atoms with E-state index in [0.29, 0.717) is 32.2 Å². The normalized spacial score (nSPS) is 17.2. The molecular formula is C25H32N2O5S. The smallest absolute Gasteiger partial charge is 0.254 e. The van der Waals surface area contributed by atoms with Crippen LogP contribution in [-0.2, 0) is 26.2 Å². The minimum atomic E-state index is -1.85. The second-order valence-electron chi connectivity index (χ2n) is 8.46. The molecule has 3 N–H and O–H groups in total. The van der Waals surface area contributed by atoms with Gasteiger partial charge in [-0.05, 0) is 42.7 Å². The van der Waals surface area contributed by atoms with E-state index in [1.54, 1.807) is 11.3 Å². The zero-order valence-electron chi connectivity index (χ0n) is 18.9. The van der Waals surface area contributed by atoms with Gasteiger partial charge in [-0.25, -0.2) is 0 Å². The number of rotatable bonds is 10. The Morgan fingerprint density at radius 3 is 2.36 bits per heavy atom. The van der Waals surface area contributed by atoms with Gasteiger partial charge in [-0.1, -0.05) is 43.3 Å². The Kier molecular flexibility index (Phi) is 8.77. The number of aliphatic hydroxyl groups excluding tert-OH is 2. The first-order valence-electron chi connectivity index (χ1n) is 11.4. The molecule has 1 saturated heterocycles. The van der Waals surface area contributed by atoms with E-state index in [4.69, 9.17) is 0 Å². The Bertz CT molecular complexity index is 924. The number of aliphatic hydroxyl groups is 2. The van der Waals surface area contributed by atoms with Crippen LogP contribution in [0.4, 0.5) is 0 Å². The largest absolute Gasteiger partial charge is 0.380 e. The van der Waals surface area contributed by atoms with Gasteiger partial charge >= 0.3 is 0 Å². The van der Waals surface area contributed by atoms with Gasteiger partial charge in [0.25, 0.3) is 11.8 Å². The Morgan fingerprint density at radius 1 is 1.06 bits per heavy atom. The van der Waals surface area contributed by atoms with Gasteiger partial charge in [0.15, 0.2) is 12.2 Å². The van der Waals surface area contributed by atoms with Gasteiger partial charge in [0.1, 0.15) is 5.78 Å². The van der Waals surface area contributed by atoms with Crippen molar-refractivity contribution in [3.05, 3.63) is 58.3 Å². The first-order valence-corrected chi connectivity index (χ1v) is 12.3. The number of hydrogen-bond donors (Lipinski definition) is 3. The zero-order chi connectivity index (χ0) is 23.8. The molecule has 7 nitrogen and oxygen atoms in total. The molecule has 8 heteroatoms. The molecule has 0 bridgehead atoms. The second kappa shape index (κ2) is 11.5. The zero-order valence-corrected chi connectivity index (χ0v) is 19.7. The van der Waals surface area contributed by atoms with E-state index >= 15 is 0 Å². The number of benzene rings is 1. The Morgan fingerprint density at radius 2 is 1.76 bits per heavy atom. The van der Waals surface area contributed by atoms with E-state index < -0.39 is 29.4 Å². The summed E-state index contributed by atoms with van der Waals surface area (Å²) in [5.41, 5.74) is 0.290. The van der Waals surface area contributed by atoms with Crippen LogP contribution in [0.3, 0.4) is 0 Å². The number of carbonyl (C=O) groups is 3. The SMILES string of the molecule is CCCC(=O)C1(c2ccccc2)CCN(C(=O)[C@H](O)[C@@H](O)C(=O)NCCc2cccs2)CC1. The number of carbonyl (C=O) groups excluding carboxylic acids is 3. The quantitative estimate of drug-likeness (QED) is 0.491. The van der Waals surface area contributed by atoms with Crippen LogP contribution in [0.1, 0.15) is 43.0 Å². The molecule has 0 radical (unpaired) electrons. The predicted molar refractivity (Wildman–Crippen MR) is 127 cm³/mol. The molecule has 33 heavy (non-hydrogen) atoms. The highest BCUT2D eigenvalue weighted by molar-refractivity contribution is 7.09. The van der Waals surface area contributed by atoms with E-state index in [9.17, 15) is 24.6 Å². The van der Waals surface area contributed by atoms with Crippen LogP contribution >= 0.6 is 11.3 Å². The van der Waals surface area contributed by atoms with Crippen molar-refractivity contribution < 1.29 is 24.6 Å². The van der Waals surface area contributed by atoms with Crippen molar-refractivity contribution >= 4 is 28.9 Å². The Labute approximate surface area is 198 Å². The molecule has 1 aliphatic rings. The summed E-state index contributed by atoms with van der Waals surface area (Å²) in [6.07, 6.45) is -0.974. The molecule has 0 unspecified atom stereocenters. The van der Waals surface area contributed by atoms with Crippen LogP contribution < -0.4 is 5.32 Å². The average molecular weight is 473 g/mol. The number of piperidine rings is 1. The lowest BCUT2D eigenvalue weighted by Crippen LogP contribution is -2.55. The van der Waals surface area contributed by atoms with Gasteiger partial charge < -0.3 is 20.4 Å².